The van der Waals surface area contributed by atoms with Gasteiger partial charge in [0, 0.05) is 0 Å². The molecule has 1 aliphatic carbocycles. The molecular weight excluding hydrogens is 1160 g/mol. The molecule has 0 aromatic carbocycles. The molecule has 70 heavy (non-hydrogen) atoms. The third-order valence-electron chi connectivity index (χ3n) is 8.71. The third kappa shape index (κ3) is 8.48. The van der Waals surface area contributed by atoms with Crippen LogP contribution in [0, 0.1) is 0 Å². The number of halogens is 41. The molecule has 418 valence electrons. The fraction of sp³-hybridized carbons (Fsp3) is 0.923. The zero-order valence-corrected chi connectivity index (χ0v) is 31.3. The first kappa shape index (κ1) is 65.0. The van der Waals surface area contributed by atoms with Crippen LogP contribution < -0.4 is 0 Å². The van der Waals surface area contributed by atoms with Crippen LogP contribution in [0.25, 0.3) is 0 Å². The topological polar surface area (TPSA) is 27.7 Å². The summed E-state index contributed by atoms with van der Waals surface area (Å²) in [5, 5.41) is -4.34. The van der Waals surface area contributed by atoms with Gasteiger partial charge >= 0.3 is 120 Å². The highest BCUT2D eigenvalue weighted by Crippen LogP contribution is 2.65. The highest BCUT2D eigenvalue weighted by Gasteiger charge is 2.92. The zero-order chi connectivity index (χ0) is 57.1. The average molecular weight is 1160 g/mol. The number of hydrogen-bond donors (Lipinski definition) is 0. The van der Waals surface area contributed by atoms with Gasteiger partial charge in [0.15, 0.2) is 12.4 Å². The summed E-state index contributed by atoms with van der Waals surface area (Å²) < 4.78 is 558. The molecule has 0 radical (unpaired) electrons. The summed E-state index contributed by atoms with van der Waals surface area (Å²) in [6, 6.07) is 0. The summed E-state index contributed by atoms with van der Waals surface area (Å²) in [5.41, 5.74) is 0. The van der Waals surface area contributed by atoms with E-state index in [0.29, 0.717) is 0 Å². The predicted molar refractivity (Wildman–Crippen MR) is 136 cm³/mol. The van der Waals surface area contributed by atoms with Crippen LogP contribution in [0.3, 0.4) is 0 Å². The molecule has 0 atom stereocenters. The van der Waals surface area contributed by atoms with Crippen molar-refractivity contribution in [2.24, 2.45) is 0 Å². The Morgan fingerprint density at radius 3 is 0.771 bits per heavy atom. The van der Waals surface area contributed by atoms with Gasteiger partial charge in [-0.3, -0.25) is 0 Å². The molecular formula is C26H9ClF40O3. The predicted octanol–water partition coefficient (Wildman–Crippen LogP) is 13.8. The lowest BCUT2D eigenvalue weighted by Gasteiger charge is -2.42. The second-order valence-electron chi connectivity index (χ2n) is 13.3. The third-order valence-corrected chi connectivity index (χ3v) is 9.14. The van der Waals surface area contributed by atoms with Crippen molar-refractivity contribution in [1.29, 1.82) is 0 Å². The van der Waals surface area contributed by atoms with Gasteiger partial charge in [-0.1, -0.05) is 11.6 Å². The van der Waals surface area contributed by atoms with Gasteiger partial charge in [-0.15, -0.1) is 0 Å². The molecule has 0 amide bonds. The van der Waals surface area contributed by atoms with Crippen molar-refractivity contribution in [3.8, 4) is 0 Å². The van der Waals surface area contributed by atoms with Crippen LogP contribution in [-0.4, -0.2) is 146 Å². The molecule has 0 aliphatic heterocycles. The summed E-state index contributed by atoms with van der Waals surface area (Å²) in [4.78, 5) is 0. The van der Waals surface area contributed by atoms with E-state index < -0.39 is 156 Å². The van der Waals surface area contributed by atoms with Crippen LogP contribution in [0.4, 0.5) is 176 Å². The molecule has 0 saturated carbocycles. The molecule has 0 spiro atoms. The van der Waals surface area contributed by atoms with Crippen molar-refractivity contribution in [3.63, 3.8) is 0 Å². The molecule has 0 unspecified atom stereocenters. The molecule has 0 saturated heterocycles. The van der Waals surface area contributed by atoms with Crippen molar-refractivity contribution < 1.29 is 190 Å². The second kappa shape index (κ2) is 17.5. The van der Waals surface area contributed by atoms with Crippen molar-refractivity contribution >= 4 is 11.6 Å². The zero-order valence-electron chi connectivity index (χ0n) is 30.6. The number of hydrogen-bond acceptors (Lipinski definition) is 3. The minimum Gasteiger partial charge on any atom is -0.483 e. The largest absolute Gasteiger partial charge is 0.483 e. The molecule has 0 bridgehead atoms. The minimum absolute atomic E-state index is 2.57. The van der Waals surface area contributed by atoms with E-state index in [-0.39, 0.29) is 0 Å². The lowest BCUT2D eigenvalue weighted by atomic mass is 9.94. The van der Waals surface area contributed by atoms with E-state index in [9.17, 15) is 158 Å². The van der Waals surface area contributed by atoms with Crippen LogP contribution in [-0.2, 0) is 14.2 Å². The molecule has 0 N–H and O–H groups in total. The van der Waals surface area contributed by atoms with E-state index in [0.717, 1.165) is 0 Å². The normalized spacial score (nSPS) is 19.3. The molecule has 1 aliphatic rings. The van der Waals surface area contributed by atoms with Crippen molar-refractivity contribution in [3.05, 3.63) is 10.8 Å². The van der Waals surface area contributed by atoms with Crippen molar-refractivity contribution in [1.82, 2.24) is 0 Å². The van der Waals surface area contributed by atoms with Gasteiger partial charge < -0.3 is 14.2 Å². The van der Waals surface area contributed by atoms with Crippen LogP contribution in [0.2, 0.25) is 0 Å². The Morgan fingerprint density at radius 1 is 0.343 bits per heavy atom. The maximum absolute atomic E-state index is 15.3. The first-order chi connectivity index (χ1) is 30.0. The van der Waals surface area contributed by atoms with Crippen molar-refractivity contribution in [2.75, 3.05) is 19.8 Å². The fourth-order valence-corrected chi connectivity index (χ4v) is 4.82. The van der Waals surface area contributed by atoms with E-state index in [2.05, 4.69) is 25.8 Å². The minimum atomic E-state index is -8.93. The average Bonchev–Trinajstić information content (AvgIpc) is 3.26. The molecule has 0 fully saturated rings. The summed E-state index contributed by atoms with van der Waals surface area (Å²) in [5.74, 6) is -155. The van der Waals surface area contributed by atoms with Crippen molar-refractivity contribution in [2.45, 2.75) is 126 Å². The Balaban J connectivity index is 4.35. The Hall–Kier alpha value is -3.05. The van der Waals surface area contributed by atoms with E-state index >= 15 is 17.6 Å². The first-order valence-corrected chi connectivity index (χ1v) is 16.0. The maximum Gasteiger partial charge on any atom is 0.384 e. The Bertz CT molecular complexity index is 1830. The molecule has 44 heteroatoms. The lowest BCUT2D eigenvalue weighted by Crippen LogP contribution is -2.70. The van der Waals surface area contributed by atoms with E-state index in [1.807, 2.05) is 0 Å². The number of alkyl halides is 40. The van der Waals surface area contributed by atoms with Crippen LogP contribution in [0.5, 0.6) is 0 Å². The lowest BCUT2D eigenvalue weighted by molar-refractivity contribution is -0.433. The Kier molecular flexibility index (Phi) is 16.3. The number of rotatable bonds is 24. The first-order valence-electron chi connectivity index (χ1n) is 15.6. The SMILES string of the molecule is FC(F)C(F)(F)C(F)(F)C(F)(F)C(F)(F)C(F)(F)COC1=C(Cl)C(OCC(F)(F)C(F)(F)C(F)(F)C(F)(F)C(F)(F)C(F)F)(OCC(F)(F)C(F)(F)C(F)(F)C(F)(F)C(F)(F)C(F)F)C(F)(F)C1(F)F. The van der Waals surface area contributed by atoms with Gasteiger partial charge in [0.05, 0.1) is 0 Å². The highest BCUT2D eigenvalue weighted by atomic mass is 35.5. The molecule has 0 aromatic heterocycles. The summed E-state index contributed by atoms with van der Waals surface area (Å²) in [6.45, 7) is -15.1. The monoisotopic (exact) mass is 1160 g/mol. The fourth-order valence-electron chi connectivity index (χ4n) is 4.42. The Morgan fingerprint density at radius 2 is 0.557 bits per heavy atom. The standard InChI is InChI=1S/C26H9ClF40O3/c27-4-5(68-1-9(34,35)17(48,49)24(62,63)21(56,57)13(42,43)6(28)29)12(40,41)20(54,55)16(4,69-2-10(36,37)18(50,51)25(64,65)22(58,59)14(44,45)7(30)31)70-3-11(38,39)19(52,53)26(66,67)23(60,61)15(46,47)8(32)33/h6-8H,1-3H2. The van der Waals surface area contributed by atoms with Gasteiger partial charge in [0.1, 0.15) is 18.2 Å². The van der Waals surface area contributed by atoms with Crippen LogP contribution >= 0.6 is 11.6 Å². The van der Waals surface area contributed by atoms with Gasteiger partial charge in [-0.2, -0.15) is 149 Å². The number of allylic oxidation sites excluding steroid dienone is 1. The highest BCUT2D eigenvalue weighted by molar-refractivity contribution is 6.31. The van der Waals surface area contributed by atoms with E-state index in [1.54, 1.807) is 0 Å². The summed E-state index contributed by atoms with van der Waals surface area (Å²) >= 11 is 4.57. The van der Waals surface area contributed by atoms with Gasteiger partial charge in [-0.25, -0.2) is 26.3 Å². The molecule has 0 aromatic rings. The summed E-state index contributed by atoms with van der Waals surface area (Å²) in [7, 11) is 0. The smallest absolute Gasteiger partial charge is 0.384 e. The van der Waals surface area contributed by atoms with Gasteiger partial charge in [0.2, 0.25) is 0 Å². The van der Waals surface area contributed by atoms with Gasteiger partial charge in [-0.05, 0) is 0 Å². The molecule has 3 nitrogen and oxygen atoms in total. The number of ether oxygens (including phenoxy) is 3. The second-order valence-corrected chi connectivity index (χ2v) is 13.7. The quantitative estimate of drug-likeness (QED) is 0.0712. The van der Waals surface area contributed by atoms with Crippen LogP contribution in [0.1, 0.15) is 0 Å². The Labute approximate surface area is 358 Å². The van der Waals surface area contributed by atoms with E-state index in [1.165, 1.54) is 0 Å². The van der Waals surface area contributed by atoms with Crippen LogP contribution in [0.15, 0.2) is 10.8 Å². The van der Waals surface area contributed by atoms with Gasteiger partial charge in [0.25, 0.3) is 5.79 Å². The maximum atomic E-state index is 15.3. The molecule has 1 rings (SSSR count). The molecule has 0 heterocycles. The van der Waals surface area contributed by atoms with E-state index in [4.69, 9.17) is 0 Å². The summed E-state index contributed by atoms with van der Waals surface area (Å²) in [6.07, 6.45) is -19.0.